The van der Waals surface area contributed by atoms with Crippen LogP contribution in [0.2, 0.25) is 0 Å². The highest BCUT2D eigenvalue weighted by Crippen LogP contribution is 2.36. The Morgan fingerprint density at radius 1 is 1.36 bits per heavy atom. The van der Waals surface area contributed by atoms with Gasteiger partial charge in [-0.2, -0.15) is 0 Å². The number of carbonyl (C=O) groups is 1. The third-order valence-corrected chi connectivity index (χ3v) is 4.94. The summed E-state index contributed by atoms with van der Waals surface area (Å²) in [4.78, 5) is 24.2. The molecule has 7 nitrogen and oxygen atoms in total. The van der Waals surface area contributed by atoms with Crippen LogP contribution in [0.15, 0.2) is 30.7 Å². The van der Waals surface area contributed by atoms with E-state index in [9.17, 15) is 4.79 Å². The average Bonchev–Trinajstić information content (AvgIpc) is 3.14. The highest BCUT2D eigenvalue weighted by molar-refractivity contribution is 7.22. The van der Waals surface area contributed by atoms with Crippen molar-refractivity contribution in [1.29, 1.82) is 0 Å². The Bertz CT molecular complexity index is 1110. The second-order valence-corrected chi connectivity index (χ2v) is 6.70. The lowest BCUT2D eigenvalue weighted by molar-refractivity contribution is -0.114. The van der Waals surface area contributed by atoms with Gasteiger partial charge in [-0.05, 0) is 24.6 Å². The largest absolute Gasteiger partial charge is 0.383 e. The van der Waals surface area contributed by atoms with Crippen LogP contribution in [-0.4, -0.2) is 25.4 Å². The summed E-state index contributed by atoms with van der Waals surface area (Å²) >= 11 is 1.44. The molecule has 0 spiro atoms. The molecular formula is C17H16N6OS. The number of hydrogen-bond acceptors (Lipinski definition) is 6. The number of amides is 1. The van der Waals surface area contributed by atoms with Gasteiger partial charge >= 0.3 is 0 Å². The van der Waals surface area contributed by atoms with Crippen LogP contribution in [0.5, 0.6) is 0 Å². The summed E-state index contributed by atoms with van der Waals surface area (Å²) in [6, 6.07) is 6.00. The van der Waals surface area contributed by atoms with Crippen LogP contribution in [0.1, 0.15) is 13.8 Å². The number of aromatic nitrogens is 4. The fourth-order valence-electron chi connectivity index (χ4n) is 2.90. The molecule has 0 fully saturated rings. The summed E-state index contributed by atoms with van der Waals surface area (Å²) in [5.41, 5.74) is 9.80. The van der Waals surface area contributed by atoms with E-state index in [0.29, 0.717) is 10.9 Å². The SMILES string of the molecule is CCn1cc(-c2ccc3nc(NC(C)=O)sc3c2)c2c(N)ncnc21. The predicted octanol–water partition coefficient (Wildman–Crippen LogP) is 3.27. The Morgan fingerprint density at radius 2 is 2.20 bits per heavy atom. The molecule has 0 saturated heterocycles. The number of anilines is 2. The summed E-state index contributed by atoms with van der Waals surface area (Å²) in [7, 11) is 0. The molecule has 0 unspecified atom stereocenters. The van der Waals surface area contributed by atoms with Gasteiger partial charge < -0.3 is 15.6 Å². The minimum absolute atomic E-state index is 0.129. The molecule has 3 heterocycles. The van der Waals surface area contributed by atoms with E-state index in [2.05, 4.69) is 37.8 Å². The van der Waals surface area contributed by atoms with Gasteiger partial charge in [0.15, 0.2) is 5.13 Å². The zero-order chi connectivity index (χ0) is 17.6. The minimum atomic E-state index is -0.129. The number of nitrogen functional groups attached to an aromatic ring is 1. The van der Waals surface area contributed by atoms with Crippen LogP contribution in [0.3, 0.4) is 0 Å². The van der Waals surface area contributed by atoms with E-state index in [4.69, 9.17) is 5.73 Å². The van der Waals surface area contributed by atoms with Gasteiger partial charge in [-0.15, -0.1) is 0 Å². The lowest BCUT2D eigenvalue weighted by Gasteiger charge is -2.01. The van der Waals surface area contributed by atoms with Crippen molar-refractivity contribution in [3.8, 4) is 11.1 Å². The van der Waals surface area contributed by atoms with Crippen LogP contribution in [0.4, 0.5) is 10.9 Å². The van der Waals surface area contributed by atoms with E-state index >= 15 is 0 Å². The summed E-state index contributed by atoms with van der Waals surface area (Å²) < 4.78 is 3.05. The Kier molecular flexibility index (Phi) is 3.61. The molecule has 25 heavy (non-hydrogen) atoms. The highest BCUT2D eigenvalue weighted by Gasteiger charge is 2.15. The van der Waals surface area contributed by atoms with E-state index in [1.54, 1.807) is 0 Å². The number of nitrogens with zero attached hydrogens (tertiary/aromatic N) is 4. The molecule has 0 atom stereocenters. The molecule has 1 amide bonds. The molecule has 4 aromatic rings. The van der Waals surface area contributed by atoms with Crippen molar-refractivity contribution in [2.45, 2.75) is 20.4 Å². The van der Waals surface area contributed by atoms with Gasteiger partial charge in [-0.1, -0.05) is 17.4 Å². The first-order valence-corrected chi connectivity index (χ1v) is 8.66. The molecule has 0 aliphatic rings. The van der Waals surface area contributed by atoms with Gasteiger partial charge in [-0.3, -0.25) is 4.79 Å². The molecule has 0 bridgehead atoms. The fourth-order valence-corrected chi connectivity index (χ4v) is 3.85. The summed E-state index contributed by atoms with van der Waals surface area (Å²) in [5, 5.41) is 4.18. The van der Waals surface area contributed by atoms with Gasteiger partial charge in [0.25, 0.3) is 0 Å². The van der Waals surface area contributed by atoms with E-state index in [0.717, 1.165) is 38.9 Å². The molecule has 0 aliphatic heterocycles. The number of nitrogens with two attached hydrogens (primary N) is 1. The van der Waals surface area contributed by atoms with E-state index in [-0.39, 0.29) is 5.91 Å². The molecule has 0 aliphatic carbocycles. The Hall–Kier alpha value is -3.00. The smallest absolute Gasteiger partial charge is 0.223 e. The molecule has 4 rings (SSSR count). The zero-order valence-electron chi connectivity index (χ0n) is 13.8. The molecule has 3 N–H and O–H groups in total. The van der Waals surface area contributed by atoms with Crippen LogP contribution < -0.4 is 11.1 Å². The number of aryl methyl sites for hydroxylation is 1. The van der Waals surface area contributed by atoms with Gasteiger partial charge in [0.05, 0.1) is 15.6 Å². The predicted molar refractivity (Wildman–Crippen MR) is 101 cm³/mol. The number of hydrogen-bond donors (Lipinski definition) is 2. The molecule has 3 aromatic heterocycles. The van der Waals surface area contributed by atoms with Crippen LogP contribution in [0.25, 0.3) is 32.4 Å². The monoisotopic (exact) mass is 352 g/mol. The van der Waals surface area contributed by atoms with Crippen molar-refractivity contribution in [3.05, 3.63) is 30.7 Å². The van der Waals surface area contributed by atoms with Crippen LogP contribution in [0, 0.1) is 0 Å². The van der Waals surface area contributed by atoms with Crippen molar-refractivity contribution in [2.75, 3.05) is 11.1 Å². The summed E-state index contributed by atoms with van der Waals surface area (Å²) in [5.74, 6) is 0.339. The number of fused-ring (bicyclic) bond motifs is 2. The lowest BCUT2D eigenvalue weighted by atomic mass is 10.1. The standard InChI is InChI=1S/C17H16N6OS/c1-3-23-7-11(14-15(18)19-8-20-16(14)23)10-4-5-12-13(6-10)25-17(22-12)21-9(2)24/h4-8H,3H2,1-2H3,(H2,18,19,20)(H,21,22,24). The number of rotatable bonds is 3. The first kappa shape index (κ1) is 15.5. The average molecular weight is 352 g/mol. The Morgan fingerprint density at radius 3 is 2.96 bits per heavy atom. The highest BCUT2D eigenvalue weighted by atomic mass is 32.1. The van der Waals surface area contributed by atoms with Gasteiger partial charge in [0, 0.05) is 25.2 Å². The third kappa shape index (κ3) is 2.60. The first-order valence-electron chi connectivity index (χ1n) is 7.84. The summed E-state index contributed by atoms with van der Waals surface area (Å²) in [6.45, 7) is 4.33. The Labute approximate surface area is 147 Å². The lowest BCUT2D eigenvalue weighted by Crippen LogP contribution is -2.04. The van der Waals surface area contributed by atoms with Crippen molar-refractivity contribution < 1.29 is 4.79 Å². The number of thiazole rings is 1. The zero-order valence-corrected chi connectivity index (χ0v) is 14.6. The molecule has 0 saturated carbocycles. The maximum absolute atomic E-state index is 11.2. The molecule has 126 valence electrons. The van der Waals surface area contributed by atoms with Crippen molar-refractivity contribution in [1.82, 2.24) is 19.5 Å². The van der Waals surface area contributed by atoms with Crippen molar-refractivity contribution >= 4 is 49.4 Å². The quantitative estimate of drug-likeness (QED) is 0.589. The second-order valence-electron chi connectivity index (χ2n) is 5.67. The first-order chi connectivity index (χ1) is 12.1. The number of carbonyl (C=O) groups excluding carboxylic acids is 1. The minimum Gasteiger partial charge on any atom is -0.383 e. The van der Waals surface area contributed by atoms with Gasteiger partial charge in [0.2, 0.25) is 5.91 Å². The van der Waals surface area contributed by atoms with E-state index in [1.165, 1.54) is 24.6 Å². The maximum Gasteiger partial charge on any atom is 0.223 e. The normalized spacial score (nSPS) is 11.3. The third-order valence-electron chi connectivity index (χ3n) is 4.01. The molecule has 8 heteroatoms. The maximum atomic E-state index is 11.2. The van der Waals surface area contributed by atoms with Crippen LogP contribution in [-0.2, 0) is 11.3 Å². The number of benzene rings is 1. The summed E-state index contributed by atoms with van der Waals surface area (Å²) in [6.07, 6.45) is 3.53. The van der Waals surface area contributed by atoms with E-state index in [1.807, 2.05) is 18.3 Å². The molecular weight excluding hydrogens is 336 g/mol. The van der Waals surface area contributed by atoms with Gasteiger partial charge in [0.1, 0.15) is 17.8 Å². The Balaban J connectivity index is 1.89. The molecule has 0 radical (unpaired) electrons. The number of nitrogens with one attached hydrogen (secondary N) is 1. The topological polar surface area (TPSA) is 98.7 Å². The second kappa shape index (κ2) is 5.82. The van der Waals surface area contributed by atoms with Gasteiger partial charge in [-0.25, -0.2) is 15.0 Å². The molecule has 1 aromatic carbocycles. The van der Waals surface area contributed by atoms with Crippen molar-refractivity contribution in [2.24, 2.45) is 0 Å². The van der Waals surface area contributed by atoms with Crippen molar-refractivity contribution in [3.63, 3.8) is 0 Å². The van der Waals surface area contributed by atoms with Crippen LogP contribution >= 0.6 is 11.3 Å². The fraction of sp³-hybridized carbons (Fsp3) is 0.176. The van der Waals surface area contributed by atoms with E-state index < -0.39 is 0 Å².